The largest absolute Gasteiger partial charge is 0.490 e. The maximum absolute atomic E-state index is 13.4. The van der Waals surface area contributed by atoms with Crippen LogP contribution in [0.2, 0.25) is 0 Å². The Morgan fingerprint density at radius 3 is 1.88 bits per heavy atom. The first-order valence-electron chi connectivity index (χ1n) is 12.0. The number of carbonyl (C=O) groups excluding carboxylic acids is 1. The Bertz CT molecular complexity index is 1530. The van der Waals surface area contributed by atoms with Gasteiger partial charge in [-0.25, -0.2) is 9.79 Å². The van der Waals surface area contributed by atoms with E-state index in [1.807, 2.05) is 109 Å². The van der Waals surface area contributed by atoms with Gasteiger partial charge in [0, 0.05) is 7.05 Å². The number of aliphatic carboxylic acids is 1. The molecule has 0 saturated carbocycles. The number of hydrogen-bond donors (Lipinski definition) is 2. The van der Waals surface area contributed by atoms with Crippen molar-refractivity contribution in [1.82, 2.24) is 4.90 Å². The fourth-order valence-corrected chi connectivity index (χ4v) is 4.13. The van der Waals surface area contributed by atoms with Crippen LogP contribution in [-0.4, -0.2) is 41.1 Å². The second-order valence-electron chi connectivity index (χ2n) is 8.73. The molecule has 0 aromatic heterocycles. The highest BCUT2D eigenvalue weighted by Gasteiger charge is 2.49. The van der Waals surface area contributed by atoms with Gasteiger partial charge >= 0.3 is 12.1 Å². The zero-order chi connectivity index (χ0) is 28.9. The van der Waals surface area contributed by atoms with E-state index in [0.717, 1.165) is 33.8 Å². The van der Waals surface area contributed by atoms with Crippen molar-refractivity contribution < 1.29 is 32.6 Å². The molecule has 5 rings (SSSR count). The number of para-hydroxylation sites is 1. The lowest BCUT2D eigenvalue weighted by Crippen LogP contribution is -2.41. The molecule has 1 atom stereocenters. The third kappa shape index (κ3) is 5.80. The van der Waals surface area contributed by atoms with E-state index >= 15 is 0 Å². The first kappa shape index (κ1) is 27.9. The Labute approximate surface area is 228 Å². The Kier molecular flexibility index (Phi) is 7.90. The third-order valence-corrected chi connectivity index (χ3v) is 6.12. The zero-order valence-corrected chi connectivity index (χ0v) is 21.2. The predicted molar refractivity (Wildman–Crippen MR) is 144 cm³/mol. The average Bonchev–Trinajstić information content (AvgIpc) is 3.19. The summed E-state index contributed by atoms with van der Waals surface area (Å²) in [6.45, 7) is 0. The molecule has 0 bridgehead atoms. The quantitative estimate of drug-likeness (QED) is 0.328. The third-order valence-electron chi connectivity index (χ3n) is 6.12. The van der Waals surface area contributed by atoms with Crippen molar-refractivity contribution >= 4 is 17.8 Å². The maximum Gasteiger partial charge on any atom is 0.490 e. The fourth-order valence-electron chi connectivity index (χ4n) is 4.13. The van der Waals surface area contributed by atoms with Gasteiger partial charge in [0.15, 0.2) is 11.5 Å². The topological polar surface area (TPSA) is 105 Å². The molecular weight excluding hydrogens is 523 g/mol. The first-order valence-corrected chi connectivity index (χ1v) is 12.0. The summed E-state index contributed by atoms with van der Waals surface area (Å²) in [5.41, 5.74) is 8.43. The minimum Gasteiger partial charge on any atom is -0.475 e. The van der Waals surface area contributed by atoms with Crippen LogP contribution in [0.5, 0.6) is 11.5 Å². The normalized spacial score (nSPS) is 16.6. The van der Waals surface area contributed by atoms with E-state index < -0.39 is 17.7 Å². The molecule has 7 nitrogen and oxygen atoms in total. The molecular formula is C30H24F3N3O4. The molecule has 10 heteroatoms. The van der Waals surface area contributed by atoms with Gasteiger partial charge < -0.3 is 15.6 Å². The maximum atomic E-state index is 13.4. The van der Waals surface area contributed by atoms with E-state index in [1.165, 1.54) is 4.90 Å². The van der Waals surface area contributed by atoms with Crippen molar-refractivity contribution in [1.29, 1.82) is 0 Å². The number of amides is 1. The molecule has 0 saturated heterocycles. The Balaban J connectivity index is 0.000000470. The minimum atomic E-state index is -5.08. The predicted octanol–water partition coefficient (Wildman–Crippen LogP) is 5.81. The number of halogens is 3. The van der Waals surface area contributed by atoms with Crippen molar-refractivity contribution in [3.63, 3.8) is 0 Å². The number of nitrogens with two attached hydrogens (primary N) is 1. The van der Waals surface area contributed by atoms with Gasteiger partial charge in [-0.1, -0.05) is 78.9 Å². The Morgan fingerprint density at radius 2 is 1.35 bits per heavy atom. The summed E-state index contributed by atoms with van der Waals surface area (Å²) in [7, 11) is 1.65. The van der Waals surface area contributed by atoms with Crippen molar-refractivity contribution in [2.24, 2.45) is 10.7 Å². The number of carbonyl (C=O) groups is 2. The van der Waals surface area contributed by atoms with E-state index in [2.05, 4.69) is 4.99 Å². The van der Waals surface area contributed by atoms with Crippen LogP contribution in [0.3, 0.4) is 0 Å². The summed E-state index contributed by atoms with van der Waals surface area (Å²) in [4.78, 5) is 28.4. The highest BCUT2D eigenvalue weighted by Crippen LogP contribution is 2.40. The SMILES string of the molecule is CN1C(=O)C(c2ccccc2)(c2cccc(-c3ccc(Oc4ccccc4)cc3)c2)N=C1N.O=C(O)C(F)(F)F. The first-order chi connectivity index (χ1) is 19.0. The lowest BCUT2D eigenvalue weighted by molar-refractivity contribution is -0.192. The van der Waals surface area contributed by atoms with Gasteiger partial charge in [-0.2, -0.15) is 13.2 Å². The molecule has 40 heavy (non-hydrogen) atoms. The van der Waals surface area contributed by atoms with Crippen LogP contribution in [-0.2, 0) is 15.1 Å². The molecule has 1 amide bonds. The highest BCUT2D eigenvalue weighted by molar-refractivity contribution is 6.09. The molecule has 3 N–H and O–H groups in total. The number of benzene rings is 4. The summed E-state index contributed by atoms with van der Waals surface area (Å²) in [5, 5.41) is 7.12. The van der Waals surface area contributed by atoms with Gasteiger partial charge in [0.25, 0.3) is 5.91 Å². The van der Waals surface area contributed by atoms with E-state index in [9.17, 15) is 18.0 Å². The van der Waals surface area contributed by atoms with Crippen LogP contribution in [0.1, 0.15) is 11.1 Å². The molecule has 0 fully saturated rings. The van der Waals surface area contributed by atoms with Crippen LogP contribution in [0, 0.1) is 0 Å². The molecule has 0 radical (unpaired) electrons. The fraction of sp³-hybridized carbons (Fsp3) is 0.100. The van der Waals surface area contributed by atoms with E-state index in [4.69, 9.17) is 20.4 Å². The standard InChI is InChI=1S/C28H23N3O2.C2HF3O2/c1-31-26(32)28(30-27(31)29,22-10-4-2-5-11-22)23-12-8-9-21(19-23)20-15-17-25(18-16-20)33-24-13-6-3-7-14-24;3-2(4,5)1(6)7/h2-19H,1H3,(H2,29,30);(H,6,7). The summed E-state index contributed by atoms with van der Waals surface area (Å²) >= 11 is 0. The van der Waals surface area contributed by atoms with Crippen molar-refractivity contribution in [3.8, 4) is 22.6 Å². The van der Waals surface area contributed by atoms with Crippen LogP contribution < -0.4 is 10.5 Å². The van der Waals surface area contributed by atoms with Gasteiger partial charge in [-0.3, -0.25) is 9.69 Å². The van der Waals surface area contributed by atoms with E-state index in [-0.39, 0.29) is 11.9 Å². The molecule has 0 spiro atoms. The second-order valence-corrected chi connectivity index (χ2v) is 8.73. The van der Waals surface area contributed by atoms with Crippen LogP contribution in [0.15, 0.2) is 114 Å². The highest BCUT2D eigenvalue weighted by atomic mass is 19.4. The molecule has 4 aromatic carbocycles. The average molecular weight is 548 g/mol. The molecule has 0 aliphatic carbocycles. The van der Waals surface area contributed by atoms with Gasteiger partial charge in [0.2, 0.25) is 0 Å². The van der Waals surface area contributed by atoms with Gasteiger partial charge in [0.05, 0.1) is 0 Å². The summed E-state index contributed by atoms with van der Waals surface area (Å²) < 4.78 is 37.6. The number of guanidine groups is 1. The number of rotatable bonds is 5. The lowest BCUT2D eigenvalue weighted by atomic mass is 9.82. The summed E-state index contributed by atoms with van der Waals surface area (Å²) in [6.07, 6.45) is -5.08. The number of alkyl halides is 3. The summed E-state index contributed by atoms with van der Waals surface area (Å²) in [6, 6.07) is 35.0. The van der Waals surface area contributed by atoms with Gasteiger partial charge in [0.1, 0.15) is 11.5 Å². The molecule has 204 valence electrons. The van der Waals surface area contributed by atoms with E-state index in [0.29, 0.717) is 0 Å². The van der Waals surface area contributed by atoms with Crippen LogP contribution in [0.25, 0.3) is 11.1 Å². The lowest BCUT2D eigenvalue weighted by Gasteiger charge is -2.26. The molecule has 1 unspecified atom stereocenters. The number of likely N-dealkylation sites (N-methyl/N-ethyl adjacent to an activating group) is 1. The van der Waals surface area contributed by atoms with E-state index in [1.54, 1.807) is 7.05 Å². The monoisotopic (exact) mass is 547 g/mol. The van der Waals surface area contributed by atoms with Gasteiger partial charge in [-0.05, 0) is 52.6 Å². The Hall–Kier alpha value is -5.12. The number of nitrogens with zero attached hydrogens (tertiary/aromatic N) is 2. The summed E-state index contributed by atoms with van der Waals surface area (Å²) in [5.74, 6) is -1.18. The van der Waals surface area contributed by atoms with Crippen LogP contribution in [0.4, 0.5) is 13.2 Å². The zero-order valence-electron chi connectivity index (χ0n) is 21.2. The van der Waals surface area contributed by atoms with Gasteiger partial charge in [-0.15, -0.1) is 0 Å². The van der Waals surface area contributed by atoms with Crippen molar-refractivity contribution in [2.75, 3.05) is 7.05 Å². The second kappa shape index (κ2) is 11.3. The Morgan fingerprint density at radius 1 is 0.825 bits per heavy atom. The molecule has 1 aliphatic heterocycles. The van der Waals surface area contributed by atoms with Crippen molar-refractivity contribution in [3.05, 3.63) is 120 Å². The number of aliphatic imine (C=N–C) groups is 1. The minimum absolute atomic E-state index is 0.171. The molecule has 4 aromatic rings. The molecule has 1 heterocycles. The number of ether oxygens (including phenoxy) is 1. The number of hydrogen-bond acceptors (Lipinski definition) is 5. The number of carboxylic acid groups (broad SMARTS) is 1. The number of carboxylic acids is 1. The smallest absolute Gasteiger partial charge is 0.475 e. The molecule has 1 aliphatic rings. The van der Waals surface area contributed by atoms with Crippen LogP contribution >= 0.6 is 0 Å². The van der Waals surface area contributed by atoms with Crippen molar-refractivity contribution in [2.45, 2.75) is 11.7 Å².